The summed E-state index contributed by atoms with van der Waals surface area (Å²) in [4.78, 5) is 6.88. The lowest BCUT2D eigenvalue weighted by atomic mass is 10.2. The second-order valence-corrected chi connectivity index (χ2v) is 6.61. The van der Waals surface area contributed by atoms with E-state index in [9.17, 15) is 0 Å². The van der Waals surface area contributed by atoms with E-state index in [-0.39, 0.29) is 12.4 Å². The fraction of sp³-hybridized carbons (Fsp3) is 0.238. The number of para-hydroxylation sites is 1. The number of ether oxygens (including phenoxy) is 1. The van der Waals surface area contributed by atoms with Crippen molar-refractivity contribution in [1.29, 1.82) is 0 Å². The van der Waals surface area contributed by atoms with Crippen LogP contribution in [0.3, 0.4) is 0 Å². The van der Waals surface area contributed by atoms with Crippen molar-refractivity contribution in [3.8, 4) is 17.1 Å². The summed E-state index contributed by atoms with van der Waals surface area (Å²) < 4.78 is 7.91. The van der Waals surface area contributed by atoms with Gasteiger partial charge >= 0.3 is 0 Å². The first-order chi connectivity index (χ1) is 12.7. The molecule has 27 heavy (non-hydrogen) atoms. The normalized spacial score (nSPS) is 11.1. The van der Waals surface area contributed by atoms with Gasteiger partial charge in [-0.25, -0.2) is 4.52 Å². The third kappa shape index (κ3) is 4.04. The predicted octanol–water partition coefficient (Wildman–Crippen LogP) is 4.30. The van der Waals surface area contributed by atoms with Gasteiger partial charge in [-0.3, -0.25) is 0 Å². The summed E-state index contributed by atoms with van der Waals surface area (Å²) in [5.74, 6) is 0.673. The van der Waals surface area contributed by atoms with Crippen molar-refractivity contribution in [1.82, 2.24) is 19.5 Å². The van der Waals surface area contributed by atoms with Gasteiger partial charge in [-0.1, -0.05) is 42.5 Å². The Labute approximate surface area is 165 Å². The number of nitrogens with zero attached hydrogens (tertiary/aromatic N) is 4. The fourth-order valence-electron chi connectivity index (χ4n) is 3.04. The van der Waals surface area contributed by atoms with Gasteiger partial charge in [0.2, 0.25) is 5.88 Å². The summed E-state index contributed by atoms with van der Waals surface area (Å²) in [6.07, 6.45) is 0.961. The quantitative estimate of drug-likeness (QED) is 0.466. The summed E-state index contributed by atoms with van der Waals surface area (Å²) in [7, 11) is 4.13. The van der Waals surface area contributed by atoms with E-state index in [0.29, 0.717) is 12.5 Å². The van der Waals surface area contributed by atoms with Crippen LogP contribution < -0.4 is 4.74 Å². The molecule has 0 unspecified atom stereocenters. The summed E-state index contributed by atoms with van der Waals surface area (Å²) >= 11 is 0. The van der Waals surface area contributed by atoms with Crippen LogP contribution in [0, 0.1) is 0 Å². The van der Waals surface area contributed by atoms with Crippen LogP contribution in [0.2, 0.25) is 0 Å². The molecule has 0 aliphatic rings. The molecule has 0 N–H and O–H groups in total. The maximum absolute atomic E-state index is 6.01. The highest BCUT2D eigenvalue weighted by Crippen LogP contribution is 2.27. The van der Waals surface area contributed by atoms with Crippen LogP contribution in [-0.2, 0) is 0 Å². The molecule has 0 fully saturated rings. The third-order valence-electron chi connectivity index (χ3n) is 4.33. The predicted molar refractivity (Wildman–Crippen MR) is 112 cm³/mol. The molecular formula is C21H23ClN4O. The van der Waals surface area contributed by atoms with Gasteiger partial charge in [0, 0.05) is 18.2 Å². The number of benzene rings is 2. The topological polar surface area (TPSA) is 42.7 Å². The molecule has 2 aromatic carbocycles. The van der Waals surface area contributed by atoms with Crippen LogP contribution in [-0.4, -0.2) is 46.7 Å². The van der Waals surface area contributed by atoms with Crippen LogP contribution in [0.5, 0.6) is 5.88 Å². The zero-order chi connectivity index (χ0) is 17.9. The molecule has 0 saturated carbocycles. The van der Waals surface area contributed by atoms with Crippen molar-refractivity contribution in [2.45, 2.75) is 6.42 Å². The highest BCUT2D eigenvalue weighted by molar-refractivity contribution is 5.86. The van der Waals surface area contributed by atoms with Gasteiger partial charge in [0.15, 0.2) is 5.65 Å². The van der Waals surface area contributed by atoms with E-state index >= 15 is 0 Å². The van der Waals surface area contributed by atoms with E-state index in [1.54, 1.807) is 0 Å². The largest absolute Gasteiger partial charge is 0.477 e. The van der Waals surface area contributed by atoms with Crippen molar-refractivity contribution in [2.75, 3.05) is 27.2 Å². The molecule has 0 amide bonds. The molecule has 5 nitrogen and oxygen atoms in total. The van der Waals surface area contributed by atoms with Gasteiger partial charge in [-0.2, -0.15) is 10.1 Å². The average Bonchev–Trinajstić information content (AvgIpc) is 3.10. The maximum Gasteiger partial charge on any atom is 0.225 e. The van der Waals surface area contributed by atoms with Crippen LogP contribution >= 0.6 is 12.4 Å². The standard InChI is InChI=1S/C21H22N4O.ClH/c1-24(2)13-8-14-26-21-17-11-6-7-12-19(17)25-20(22-21)15-18(23-25)16-9-4-3-5-10-16;/h3-7,9-12,15H,8,13-14H2,1-2H3;1H. The Morgan fingerprint density at radius 2 is 1.74 bits per heavy atom. The molecule has 140 valence electrons. The monoisotopic (exact) mass is 382 g/mol. The third-order valence-corrected chi connectivity index (χ3v) is 4.33. The minimum Gasteiger partial charge on any atom is -0.477 e. The Hall–Kier alpha value is -2.63. The van der Waals surface area contributed by atoms with Crippen LogP contribution in [0.4, 0.5) is 0 Å². The Kier molecular flexibility index (Phi) is 5.94. The first-order valence-corrected chi connectivity index (χ1v) is 8.84. The van der Waals surface area contributed by atoms with Gasteiger partial charge in [0.05, 0.1) is 23.2 Å². The minimum absolute atomic E-state index is 0. The van der Waals surface area contributed by atoms with Gasteiger partial charge in [0.25, 0.3) is 0 Å². The molecule has 2 aromatic heterocycles. The van der Waals surface area contributed by atoms with Crippen molar-refractivity contribution >= 4 is 29.0 Å². The Morgan fingerprint density at radius 1 is 1.00 bits per heavy atom. The van der Waals surface area contributed by atoms with E-state index in [0.717, 1.165) is 40.8 Å². The van der Waals surface area contributed by atoms with Crippen molar-refractivity contribution in [3.05, 3.63) is 60.7 Å². The number of hydrogen-bond acceptors (Lipinski definition) is 4. The van der Waals surface area contributed by atoms with E-state index in [2.05, 4.69) is 37.2 Å². The van der Waals surface area contributed by atoms with E-state index in [1.807, 2.05) is 47.0 Å². The molecule has 2 heterocycles. The Bertz CT molecular complexity index is 1030. The zero-order valence-electron chi connectivity index (χ0n) is 15.5. The SMILES string of the molecule is CN(C)CCCOc1nc2cc(-c3ccccc3)nn2c2ccccc12.Cl. The van der Waals surface area contributed by atoms with E-state index < -0.39 is 0 Å². The van der Waals surface area contributed by atoms with Crippen molar-refractivity contribution < 1.29 is 4.74 Å². The number of rotatable bonds is 6. The Morgan fingerprint density at radius 3 is 2.52 bits per heavy atom. The number of hydrogen-bond donors (Lipinski definition) is 0. The lowest BCUT2D eigenvalue weighted by Gasteiger charge is -2.11. The lowest BCUT2D eigenvalue weighted by Crippen LogP contribution is -2.15. The van der Waals surface area contributed by atoms with E-state index in [4.69, 9.17) is 14.8 Å². The fourth-order valence-corrected chi connectivity index (χ4v) is 3.04. The summed E-state index contributed by atoms with van der Waals surface area (Å²) in [6.45, 7) is 1.63. The average molecular weight is 383 g/mol. The summed E-state index contributed by atoms with van der Waals surface area (Å²) in [5, 5.41) is 5.74. The molecular weight excluding hydrogens is 360 g/mol. The molecule has 0 aliphatic carbocycles. The van der Waals surface area contributed by atoms with Gasteiger partial charge in [0.1, 0.15) is 0 Å². The summed E-state index contributed by atoms with van der Waals surface area (Å²) in [6, 6.07) is 20.3. The highest BCUT2D eigenvalue weighted by atomic mass is 35.5. The van der Waals surface area contributed by atoms with Crippen LogP contribution in [0.25, 0.3) is 27.8 Å². The molecule has 0 atom stereocenters. The Balaban J connectivity index is 0.00000210. The highest BCUT2D eigenvalue weighted by Gasteiger charge is 2.12. The maximum atomic E-state index is 6.01. The first kappa shape index (κ1) is 19.1. The van der Waals surface area contributed by atoms with Crippen molar-refractivity contribution in [3.63, 3.8) is 0 Å². The van der Waals surface area contributed by atoms with Crippen LogP contribution in [0.1, 0.15) is 6.42 Å². The summed E-state index contributed by atoms with van der Waals surface area (Å²) in [5.41, 5.74) is 3.79. The molecule has 6 heteroatoms. The molecule has 4 aromatic rings. The van der Waals surface area contributed by atoms with Gasteiger partial charge < -0.3 is 9.64 Å². The number of fused-ring (bicyclic) bond motifs is 3. The first-order valence-electron chi connectivity index (χ1n) is 8.84. The van der Waals surface area contributed by atoms with Crippen LogP contribution in [0.15, 0.2) is 60.7 Å². The molecule has 0 saturated heterocycles. The number of aromatic nitrogens is 3. The lowest BCUT2D eigenvalue weighted by molar-refractivity contribution is 0.276. The molecule has 0 bridgehead atoms. The molecule has 0 radical (unpaired) electrons. The van der Waals surface area contributed by atoms with Crippen molar-refractivity contribution in [2.24, 2.45) is 0 Å². The van der Waals surface area contributed by atoms with E-state index in [1.165, 1.54) is 0 Å². The molecule has 0 aliphatic heterocycles. The second kappa shape index (κ2) is 8.37. The zero-order valence-corrected chi connectivity index (χ0v) is 16.3. The minimum atomic E-state index is 0. The van der Waals surface area contributed by atoms with Gasteiger partial charge in [-0.05, 0) is 32.6 Å². The smallest absolute Gasteiger partial charge is 0.225 e. The molecule has 4 rings (SSSR count). The molecule has 0 spiro atoms. The second-order valence-electron chi connectivity index (χ2n) is 6.61. The number of halogens is 1. The van der Waals surface area contributed by atoms with Gasteiger partial charge in [-0.15, -0.1) is 12.4 Å².